The van der Waals surface area contributed by atoms with Crippen LogP contribution in [0.25, 0.3) is 0 Å². The van der Waals surface area contributed by atoms with Crippen molar-refractivity contribution in [3.63, 3.8) is 0 Å². The van der Waals surface area contributed by atoms with Crippen LogP contribution in [-0.4, -0.2) is 41.0 Å². The van der Waals surface area contributed by atoms with Gasteiger partial charge in [0, 0.05) is 35.5 Å². The zero-order chi connectivity index (χ0) is 18.7. The number of rotatable bonds is 8. The van der Waals surface area contributed by atoms with Gasteiger partial charge in [-0.1, -0.05) is 37.6 Å². The molecule has 1 fully saturated rings. The van der Waals surface area contributed by atoms with Crippen LogP contribution in [0.1, 0.15) is 33.6 Å². The van der Waals surface area contributed by atoms with Gasteiger partial charge in [0.1, 0.15) is 5.54 Å². The van der Waals surface area contributed by atoms with Gasteiger partial charge in [0.05, 0.1) is 11.1 Å². The molecule has 0 heterocycles. The third kappa shape index (κ3) is 3.96. The van der Waals surface area contributed by atoms with E-state index in [0.29, 0.717) is 17.4 Å². The summed E-state index contributed by atoms with van der Waals surface area (Å²) in [6.07, 6.45) is 0.332. The van der Waals surface area contributed by atoms with Gasteiger partial charge >= 0.3 is 5.97 Å². The van der Waals surface area contributed by atoms with E-state index in [1.165, 1.54) is 11.8 Å². The first-order valence-corrected chi connectivity index (χ1v) is 9.64. The van der Waals surface area contributed by atoms with Gasteiger partial charge in [0.15, 0.2) is 0 Å². The number of ether oxygens (including phenoxy) is 1. The standard InChI is InChI=1S/C18H24ClNO4S/c1-4-24-14-11-18(16(22)23,17(14,2)3)20-15(21)9-10-25-13-8-6-5-7-12(13)19/h5-8,14H,4,9-11H2,1-3H3,(H,20,21)(H,22,23). The van der Waals surface area contributed by atoms with Crippen molar-refractivity contribution < 1.29 is 19.4 Å². The van der Waals surface area contributed by atoms with Crippen LogP contribution >= 0.6 is 23.4 Å². The molecule has 2 atom stereocenters. The van der Waals surface area contributed by atoms with Crippen molar-refractivity contribution >= 4 is 35.2 Å². The van der Waals surface area contributed by atoms with Gasteiger partial charge < -0.3 is 15.2 Å². The maximum Gasteiger partial charge on any atom is 0.330 e. The van der Waals surface area contributed by atoms with Crippen LogP contribution in [0.5, 0.6) is 0 Å². The molecule has 0 saturated heterocycles. The fourth-order valence-corrected chi connectivity index (χ4v) is 4.34. The van der Waals surface area contributed by atoms with E-state index in [2.05, 4.69) is 5.32 Å². The third-order valence-electron chi connectivity index (χ3n) is 4.91. The summed E-state index contributed by atoms with van der Waals surface area (Å²) < 4.78 is 5.60. The largest absolute Gasteiger partial charge is 0.479 e. The number of carbonyl (C=O) groups excluding carboxylic acids is 1. The van der Waals surface area contributed by atoms with Crippen molar-refractivity contribution in [3.8, 4) is 0 Å². The normalized spacial score (nSPS) is 24.4. The Hall–Kier alpha value is -1.24. The van der Waals surface area contributed by atoms with E-state index in [4.69, 9.17) is 16.3 Å². The Bertz CT molecular complexity index is 652. The van der Waals surface area contributed by atoms with Crippen molar-refractivity contribution in [2.75, 3.05) is 12.4 Å². The summed E-state index contributed by atoms with van der Waals surface area (Å²) in [6, 6.07) is 7.43. The van der Waals surface area contributed by atoms with Gasteiger partial charge in [0.2, 0.25) is 5.91 Å². The smallest absolute Gasteiger partial charge is 0.330 e. The Morgan fingerprint density at radius 2 is 2.08 bits per heavy atom. The molecule has 138 valence electrons. The lowest BCUT2D eigenvalue weighted by Crippen LogP contribution is -2.76. The molecule has 2 N–H and O–H groups in total. The van der Waals surface area contributed by atoms with Crippen LogP contribution < -0.4 is 5.32 Å². The molecule has 1 aromatic carbocycles. The number of carbonyl (C=O) groups is 2. The van der Waals surface area contributed by atoms with Crippen LogP contribution in [0.15, 0.2) is 29.2 Å². The van der Waals surface area contributed by atoms with Gasteiger partial charge in [-0.15, -0.1) is 11.8 Å². The Labute approximate surface area is 157 Å². The average Bonchev–Trinajstić information content (AvgIpc) is 2.55. The molecule has 5 nitrogen and oxygen atoms in total. The third-order valence-corrected chi connectivity index (χ3v) is 6.42. The number of amides is 1. The SMILES string of the molecule is CCOC1CC(NC(=O)CCSc2ccccc2Cl)(C(=O)O)C1(C)C. The highest BCUT2D eigenvalue weighted by Gasteiger charge is 2.66. The predicted octanol–water partition coefficient (Wildman–Crippen LogP) is 3.60. The molecule has 1 aliphatic rings. The Balaban J connectivity index is 1.94. The Morgan fingerprint density at radius 1 is 1.40 bits per heavy atom. The Kier molecular flexibility index (Phi) is 6.40. The first-order chi connectivity index (χ1) is 11.7. The lowest BCUT2D eigenvalue weighted by Gasteiger charge is -2.58. The van der Waals surface area contributed by atoms with Gasteiger partial charge in [0.25, 0.3) is 0 Å². The second-order valence-corrected chi connectivity index (χ2v) is 8.20. The molecule has 2 unspecified atom stereocenters. The fraction of sp³-hybridized carbons (Fsp3) is 0.556. The number of hydrogen-bond acceptors (Lipinski definition) is 4. The van der Waals surface area contributed by atoms with E-state index >= 15 is 0 Å². The second kappa shape index (κ2) is 7.98. The second-order valence-electron chi connectivity index (χ2n) is 6.66. The van der Waals surface area contributed by atoms with Gasteiger partial charge in [-0.3, -0.25) is 4.79 Å². The zero-order valence-electron chi connectivity index (χ0n) is 14.7. The molecular weight excluding hydrogens is 362 g/mol. The maximum absolute atomic E-state index is 12.3. The lowest BCUT2D eigenvalue weighted by atomic mass is 9.54. The molecule has 2 rings (SSSR count). The summed E-state index contributed by atoms with van der Waals surface area (Å²) in [5.74, 6) is -0.758. The predicted molar refractivity (Wildman–Crippen MR) is 99.1 cm³/mol. The number of thioether (sulfide) groups is 1. The molecular formula is C18H24ClNO4S. The number of nitrogens with one attached hydrogen (secondary N) is 1. The monoisotopic (exact) mass is 385 g/mol. The summed E-state index contributed by atoms with van der Waals surface area (Å²) in [5, 5.41) is 13.1. The number of benzene rings is 1. The summed E-state index contributed by atoms with van der Waals surface area (Å²) in [6.45, 7) is 6.04. The van der Waals surface area contributed by atoms with Crippen LogP contribution in [0.3, 0.4) is 0 Å². The average molecular weight is 386 g/mol. The van der Waals surface area contributed by atoms with Crippen LogP contribution in [0.4, 0.5) is 0 Å². The van der Waals surface area contributed by atoms with E-state index in [1.54, 1.807) is 6.07 Å². The number of carboxylic acid groups (broad SMARTS) is 1. The van der Waals surface area contributed by atoms with Gasteiger partial charge in [-0.05, 0) is 19.1 Å². The highest BCUT2D eigenvalue weighted by Crippen LogP contribution is 2.51. The van der Waals surface area contributed by atoms with E-state index < -0.39 is 16.9 Å². The molecule has 0 bridgehead atoms. The lowest BCUT2D eigenvalue weighted by molar-refractivity contribution is -0.194. The minimum absolute atomic E-state index is 0.175. The quantitative estimate of drug-likeness (QED) is 0.669. The molecule has 1 aromatic rings. The molecule has 25 heavy (non-hydrogen) atoms. The van der Waals surface area contributed by atoms with E-state index in [-0.39, 0.29) is 24.9 Å². The van der Waals surface area contributed by atoms with Gasteiger partial charge in [-0.2, -0.15) is 0 Å². The van der Waals surface area contributed by atoms with Crippen LogP contribution in [-0.2, 0) is 14.3 Å². The molecule has 7 heteroatoms. The number of carboxylic acids is 1. The minimum Gasteiger partial charge on any atom is -0.479 e. The van der Waals surface area contributed by atoms with Crippen molar-refractivity contribution in [3.05, 3.63) is 29.3 Å². The van der Waals surface area contributed by atoms with Crippen molar-refractivity contribution in [1.82, 2.24) is 5.32 Å². The minimum atomic E-state index is -1.28. The Morgan fingerprint density at radius 3 is 2.64 bits per heavy atom. The maximum atomic E-state index is 12.3. The number of halogens is 1. The number of aliphatic carboxylic acids is 1. The molecule has 0 spiro atoms. The van der Waals surface area contributed by atoms with Crippen molar-refractivity contribution in [2.45, 2.75) is 50.2 Å². The van der Waals surface area contributed by atoms with E-state index in [9.17, 15) is 14.7 Å². The highest BCUT2D eigenvalue weighted by atomic mass is 35.5. The molecule has 0 radical (unpaired) electrons. The fourth-order valence-electron chi connectivity index (χ4n) is 3.15. The van der Waals surface area contributed by atoms with Crippen molar-refractivity contribution in [2.24, 2.45) is 5.41 Å². The first kappa shape index (κ1) is 20.1. The van der Waals surface area contributed by atoms with E-state index in [1.807, 2.05) is 39.0 Å². The summed E-state index contributed by atoms with van der Waals surface area (Å²) in [4.78, 5) is 25.1. The summed E-state index contributed by atoms with van der Waals surface area (Å²) >= 11 is 7.57. The number of hydrogen-bond donors (Lipinski definition) is 2. The van der Waals surface area contributed by atoms with Crippen LogP contribution in [0, 0.1) is 5.41 Å². The van der Waals surface area contributed by atoms with Gasteiger partial charge in [-0.25, -0.2) is 4.79 Å². The molecule has 1 aliphatic carbocycles. The molecule has 1 saturated carbocycles. The van der Waals surface area contributed by atoms with Crippen molar-refractivity contribution in [1.29, 1.82) is 0 Å². The molecule has 1 amide bonds. The van der Waals surface area contributed by atoms with Crippen LogP contribution in [0.2, 0.25) is 5.02 Å². The molecule has 0 aromatic heterocycles. The highest BCUT2D eigenvalue weighted by molar-refractivity contribution is 7.99. The summed E-state index contributed by atoms with van der Waals surface area (Å²) in [5.41, 5.74) is -1.95. The topological polar surface area (TPSA) is 75.6 Å². The molecule has 0 aliphatic heterocycles. The van der Waals surface area contributed by atoms with E-state index in [0.717, 1.165) is 4.90 Å². The first-order valence-electron chi connectivity index (χ1n) is 8.28. The summed E-state index contributed by atoms with van der Waals surface area (Å²) in [7, 11) is 0. The zero-order valence-corrected chi connectivity index (χ0v) is 16.2.